The number of alkyl halides is 2. The van der Waals surface area contributed by atoms with Gasteiger partial charge in [-0.05, 0) is 66.8 Å². The summed E-state index contributed by atoms with van der Waals surface area (Å²) in [5.41, 5.74) is 2.15. The van der Waals surface area contributed by atoms with E-state index in [1.165, 1.54) is 23.1 Å². The van der Waals surface area contributed by atoms with Crippen LogP contribution in [0.1, 0.15) is 29.9 Å². The third-order valence-electron chi connectivity index (χ3n) is 9.53. The summed E-state index contributed by atoms with van der Waals surface area (Å²) < 4.78 is 13.8. The minimum absolute atomic E-state index is 0.0861. The normalized spacial score (nSPS) is 31.0. The van der Waals surface area contributed by atoms with Crippen LogP contribution >= 0.6 is 23.2 Å². The highest BCUT2D eigenvalue weighted by molar-refractivity contribution is 6.58. The highest BCUT2D eigenvalue weighted by Gasteiger charge is 2.76. The number of nitrogens with zero attached hydrogens (tertiary/aromatic N) is 2. The van der Waals surface area contributed by atoms with E-state index in [1.54, 1.807) is 54.6 Å². The SMILES string of the molecule is C=Cc1ccc(N2C(=O)[C@H]3[C@H](CC=C4[C@H]3C[C@@]3(Cl)C(=O)N(c5ccc(F)cc5)C(=O)[C@@]3(Cl)[C@H]4c3ccccc3O)C2=O)cc1. The monoisotopic (exact) mass is 630 g/mol. The van der Waals surface area contributed by atoms with Crippen molar-refractivity contribution >= 4 is 64.3 Å². The maximum atomic E-state index is 14.3. The molecule has 2 aliphatic carbocycles. The number of phenols is 1. The topological polar surface area (TPSA) is 95.0 Å². The van der Waals surface area contributed by atoms with Crippen molar-refractivity contribution in [2.75, 3.05) is 9.80 Å². The molecule has 7 nitrogen and oxygen atoms in total. The number of hydrogen-bond donors (Lipinski definition) is 1. The number of hydrogen-bond acceptors (Lipinski definition) is 5. The quantitative estimate of drug-likeness (QED) is 0.219. The van der Waals surface area contributed by atoms with E-state index in [0.29, 0.717) is 11.3 Å². The maximum absolute atomic E-state index is 14.3. The standard InChI is InChI=1S/C34H25Cl2FN2O5/c1-2-18-7-11-20(12-8-18)38-29(41)24-16-15-22-25(27(24)30(38)42)17-33(35)31(43)39(21-13-9-19(37)10-14-21)32(44)34(33,36)28(22)23-5-3-4-6-26(23)40/h2-15,24-25,27-28,40H,1,16-17H2/t24-,25+,27-,28+,33+,34-/m0/s1. The van der Waals surface area contributed by atoms with Gasteiger partial charge >= 0.3 is 0 Å². The second-order valence-corrected chi connectivity index (χ2v) is 12.9. The van der Waals surface area contributed by atoms with Crippen LogP contribution < -0.4 is 9.80 Å². The van der Waals surface area contributed by atoms with E-state index < -0.39 is 57.0 Å². The number of carbonyl (C=O) groups is 4. The summed E-state index contributed by atoms with van der Waals surface area (Å²) in [7, 11) is 0. The molecule has 1 saturated carbocycles. The Hall–Kier alpha value is -4.27. The molecule has 2 aliphatic heterocycles. The lowest BCUT2D eigenvalue weighted by molar-refractivity contribution is -0.125. The molecule has 6 atom stereocenters. The molecular formula is C34H25Cl2FN2O5. The van der Waals surface area contributed by atoms with E-state index in [0.717, 1.165) is 22.6 Å². The number of para-hydroxylation sites is 1. The minimum Gasteiger partial charge on any atom is -0.508 e. The molecular weight excluding hydrogens is 606 g/mol. The molecule has 2 heterocycles. The lowest BCUT2D eigenvalue weighted by Crippen LogP contribution is -2.60. The third kappa shape index (κ3) is 3.67. The number of imide groups is 2. The minimum atomic E-state index is -2.11. The average molecular weight is 631 g/mol. The summed E-state index contributed by atoms with van der Waals surface area (Å²) in [5.74, 6) is -6.64. The zero-order valence-electron chi connectivity index (χ0n) is 23.1. The largest absolute Gasteiger partial charge is 0.508 e. The van der Waals surface area contributed by atoms with E-state index in [4.69, 9.17) is 23.2 Å². The van der Waals surface area contributed by atoms with Crippen molar-refractivity contribution < 1.29 is 28.7 Å². The van der Waals surface area contributed by atoms with Crippen molar-refractivity contribution in [2.45, 2.75) is 28.5 Å². The van der Waals surface area contributed by atoms with Gasteiger partial charge in [0.2, 0.25) is 11.8 Å². The van der Waals surface area contributed by atoms with Gasteiger partial charge in [0.15, 0.2) is 9.75 Å². The predicted molar refractivity (Wildman–Crippen MR) is 164 cm³/mol. The molecule has 3 aromatic rings. The van der Waals surface area contributed by atoms with Crippen LogP contribution in [-0.4, -0.2) is 38.5 Å². The molecule has 3 fully saturated rings. The number of phenolic OH excluding ortho intramolecular Hbond substituents is 1. The second kappa shape index (κ2) is 9.87. The van der Waals surface area contributed by atoms with E-state index in [-0.39, 0.29) is 35.7 Å². The number of halogens is 3. The lowest BCUT2D eigenvalue weighted by atomic mass is 9.56. The van der Waals surface area contributed by atoms with Gasteiger partial charge in [0.1, 0.15) is 11.6 Å². The van der Waals surface area contributed by atoms with Gasteiger partial charge in [-0.15, -0.1) is 23.2 Å². The second-order valence-electron chi connectivity index (χ2n) is 11.6. The number of fused-ring (bicyclic) bond motifs is 4. The Morgan fingerprint density at radius 3 is 2.14 bits per heavy atom. The Morgan fingerprint density at radius 2 is 1.48 bits per heavy atom. The van der Waals surface area contributed by atoms with Crippen LogP contribution in [-0.2, 0) is 19.2 Å². The van der Waals surface area contributed by atoms with Crippen molar-refractivity contribution in [1.82, 2.24) is 0 Å². The van der Waals surface area contributed by atoms with Crippen molar-refractivity contribution in [2.24, 2.45) is 17.8 Å². The highest BCUT2D eigenvalue weighted by Crippen LogP contribution is 2.66. The number of aromatic hydroxyl groups is 1. The summed E-state index contributed by atoms with van der Waals surface area (Å²) in [6.45, 7) is 3.74. The van der Waals surface area contributed by atoms with Crippen LogP contribution in [0, 0.1) is 23.6 Å². The van der Waals surface area contributed by atoms with Crippen LogP contribution in [0.4, 0.5) is 15.8 Å². The van der Waals surface area contributed by atoms with E-state index in [9.17, 15) is 28.7 Å². The molecule has 0 unspecified atom stereocenters. The fraction of sp³-hybridized carbons (Fsp3) is 0.235. The summed E-state index contributed by atoms with van der Waals surface area (Å²) in [6.07, 6.45) is 3.44. The van der Waals surface area contributed by atoms with Gasteiger partial charge in [-0.3, -0.25) is 24.1 Å². The fourth-order valence-electron chi connectivity index (χ4n) is 7.49. The van der Waals surface area contributed by atoms with Crippen LogP contribution in [0.5, 0.6) is 5.75 Å². The Bertz CT molecular complexity index is 1810. The number of allylic oxidation sites excluding steroid dienone is 2. The molecule has 44 heavy (non-hydrogen) atoms. The average Bonchev–Trinajstić information content (AvgIpc) is 3.36. The Labute approximate surface area is 262 Å². The van der Waals surface area contributed by atoms with Gasteiger partial charge in [0.25, 0.3) is 11.8 Å². The van der Waals surface area contributed by atoms with Gasteiger partial charge in [0.05, 0.1) is 23.2 Å². The Kier molecular flexibility index (Phi) is 6.39. The zero-order chi connectivity index (χ0) is 31.1. The van der Waals surface area contributed by atoms with Crippen LogP contribution in [0.3, 0.4) is 0 Å². The van der Waals surface area contributed by atoms with E-state index >= 15 is 0 Å². The summed E-state index contributed by atoms with van der Waals surface area (Å²) >= 11 is 14.6. The number of anilines is 2. The molecule has 0 aromatic heterocycles. The van der Waals surface area contributed by atoms with Crippen molar-refractivity contribution in [3.8, 4) is 5.75 Å². The van der Waals surface area contributed by atoms with Gasteiger partial charge in [-0.1, -0.05) is 54.6 Å². The van der Waals surface area contributed by atoms with Crippen LogP contribution in [0.15, 0.2) is 91.0 Å². The van der Waals surface area contributed by atoms with E-state index in [2.05, 4.69) is 6.58 Å². The highest BCUT2D eigenvalue weighted by atomic mass is 35.5. The van der Waals surface area contributed by atoms with Crippen LogP contribution in [0.25, 0.3) is 6.08 Å². The molecule has 1 N–H and O–H groups in total. The molecule has 7 rings (SSSR count). The zero-order valence-corrected chi connectivity index (χ0v) is 24.6. The van der Waals surface area contributed by atoms with Gasteiger partial charge in [-0.25, -0.2) is 9.29 Å². The molecule has 10 heteroatoms. The number of amides is 4. The molecule has 222 valence electrons. The van der Waals surface area contributed by atoms with Gasteiger partial charge < -0.3 is 5.11 Å². The molecule has 2 saturated heterocycles. The first-order valence-corrected chi connectivity index (χ1v) is 14.9. The Balaban J connectivity index is 1.38. The summed E-state index contributed by atoms with van der Waals surface area (Å²) in [5, 5.41) is 11.0. The number of benzene rings is 3. The molecule has 3 aromatic carbocycles. The molecule has 0 spiro atoms. The van der Waals surface area contributed by atoms with Crippen molar-refractivity contribution in [3.05, 3.63) is 108 Å². The molecule has 0 bridgehead atoms. The summed E-state index contributed by atoms with van der Waals surface area (Å²) in [4.78, 5) is 54.3. The summed E-state index contributed by atoms with van der Waals surface area (Å²) in [6, 6.07) is 18.0. The number of carbonyl (C=O) groups excluding carboxylic acids is 4. The predicted octanol–water partition coefficient (Wildman–Crippen LogP) is 5.94. The first-order valence-electron chi connectivity index (χ1n) is 14.1. The van der Waals surface area contributed by atoms with E-state index in [1.807, 2.05) is 0 Å². The first kappa shape index (κ1) is 28.5. The Morgan fingerprint density at radius 1 is 0.841 bits per heavy atom. The first-order chi connectivity index (χ1) is 21.0. The van der Waals surface area contributed by atoms with Crippen LogP contribution in [0.2, 0.25) is 0 Å². The lowest BCUT2D eigenvalue weighted by Gasteiger charge is -2.50. The molecule has 4 amide bonds. The molecule has 4 aliphatic rings. The fourth-order valence-corrected chi connectivity index (χ4v) is 8.42. The van der Waals surface area contributed by atoms with Crippen molar-refractivity contribution in [3.63, 3.8) is 0 Å². The van der Waals surface area contributed by atoms with Gasteiger partial charge in [0, 0.05) is 11.5 Å². The number of rotatable bonds is 4. The van der Waals surface area contributed by atoms with Gasteiger partial charge in [-0.2, -0.15) is 0 Å². The van der Waals surface area contributed by atoms with Crippen molar-refractivity contribution in [1.29, 1.82) is 0 Å². The molecule has 0 radical (unpaired) electrons. The maximum Gasteiger partial charge on any atom is 0.258 e. The third-order valence-corrected chi connectivity index (χ3v) is 10.9. The smallest absolute Gasteiger partial charge is 0.258 e.